The van der Waals surface area contributed by atoms with Crippen molar-refractivity contribution in [2.75, 3.05) is 13.2 Å². The van der Waals surface area contributed by atoms with E-state index in [4.69, 9.17) is 27.9 Å². The molecular formula is C34H40Cl2N4O4. The molecule has 2 aromatic heterocycles. The standard InChI is InChI=1S/C34H40Cl2N4O4/c1-18-14-24(15-19(2)30(18)36)44-13-7-10-25-26-11-12-27(35)29(28-20(3)39-40(5)21(28)4)31(26)38-32(25)33(41)37-17-22-8-6-9-23(16-22)34(42)43/h11-12,14-15,22-23,38H,6-10,13,16-17H2,1-5H3,(H,37,41)(H,42,43)/t22-,23+/m0/s1. The van der Waals surface area contributed by atoms with Crippen LogP contribution in [0.5, 0.6) is 5.75 Å². The zero-order chi connectivity index (χ0) is 31.7. The first-order valence-electron chi connectivity index (χ1n) is 15.2. The first kappa shape index (κ1) is 31.9. The van der Waals surface area contributed by atoms with Crippen LogP contribution in [0.15, 0.2) is 24.3 Å². The van der Waals surface area contributed by atoms with E-state index in [0.29, 0.717) is 49.6 Å². The summed E-state index contributed by atoms with van der Waals surface area (Å²) in [6.07, 6.45) is 4.32. The lowest BCUT2D eigenvalue weighted by Crippen LogP contribution is -2.33. The summed E-state index contributed by atoms with van der Waals surface area (Å²) in [5, 5.41) is 19.5. The van der Waals surface area contributed by atoms with Gasteiger partial charge in [0.15, 0.2) is 0 Å². The molecule has 44 heavy (non-hydrogen) atoms. The number of carboxylic acids is 1. The number of hydrogen-bond donors (Lipinski definition) is 3. The maximum atomic E-state index is 13.8. The molecule has 0 bridgehead atoms. The van der Waals surface area contributed by atoms with Crippen molar-refractivity contribution in [2.24, 2.45) is 18.9 Å². The van der Waals surface area contributed by atoms with Crippen LogP contribution in [0, 0.1) is 39.5 Å². The van der Waals surface area contributed by atoms with E-state index in [0.717, 1.165) is 73.7 Å². The SMILES string of the molecule is Cc1cc(OCCCc2c(C(=O)NC[C@H]3CCC[C@@H](C(=O)O)C3)[nH]c3c(-c4c(C)nn(C)c4C)c(Cl)ccc23)cc(C)c1Cl. The molecule has 0 spiro atoms. The van der Waals surface area contributed by atoms with Gasteiger partial charge in [-0.05, 0) is 101 Å². The fourth-order valence-corrected chi connectivity index (χ4v) is 6.94. The molecule has 2 heterocycles. The number of aryl methyl sites for hydroxylation is 5. The molecule has 1 amide bonds. The van der Waals surface area contributed by atoms with Gasteiger partial charge in [0.25, 0.3) is 5.91 Å². The Morgan fingerprint density at radius 3 is 2.50 bits per heavy atom. The van der Waals surface area contributed by atoms with Crippen molar-refractivity contribution in [1.29, 1.82) is 0 Å². The summed E-state index contributed by atoms with van der Waals surface area (Å²) in [4.78, 5) is 28.8. The first-order valence-corrected chi connectivity index (χ1v) is 16.0. The number of benzene rings is 2. The Hall–Kier alpha value is -3.49. The topological polar surface area (TPSA) is 109 Å². The van der Waals surface area contributed by atoms with E-state index in [9.17, 15) is 14.7 Å². The van der Waals surface area contributed by atoms with Crippen molar-refractivity contribution in [3.05, 3.63) is 68.1 Å². The third-order valence-corrected chi connectivity index (χ3v) is 9.86. The van der Waals surface area contributed by atoms with E-state index >= 15 is 0 Å². The van der Waals surface area contributed by atoms with Crippen LogP contribution >= 0.6 is 23.2 Å². The third kappa shape index (κ3) is 6.47. The van der Waals surface area contributed by atoms with Crippen molar-refractivity contribution >= 4 is 46.0 Å². The molecule has 1 aliphatic carbocycles. The smallest absolute Gasteiger partial charge is 0.306 e. The molecule has 5 rings (SSSR count). The summed E-state index contributed by atoms with van der Waals surface area (Å²) in [6, 6.07) is 7.73. The molecule has 0 unspecified atom stereocenters. The lowest BCUT2D eigenvalue weighted by Gasteiger charge is -2.26. The number of aromatic nitrogens is 3. The van der Waals surface area contributed by atoms with E-state index in [1.165, 1.54) is 0 Å². The Bertz CT molecular complexity index is 1700. The predicted octanol–water partition coefficient (Wildman–Crippen LogP) is 7.74. The number of carboxylic acid groups (broad SMARTS) is 1. The van der Waals surface area contributed by atoms with Crippen molar-refractivity contribution in [3.63, 3.8) is 0 Å². The predicted molar refractivity (Wildman–Crippen MR) is 175 cm³/mol. The summed E-state index contributed by atoms with van der Waals surface area (Å²) >= 11 is 13.2. The van der Waals surface area contributed by atoms with Crippen molar-refractivity contribution in [3.8, 4) is 16.9 Å². The lowest BCUT2D eigenvalue weighted by atomic mass is 9.81. The molecule has 3 N–H and O–H groups in total. The average molecular weight is 640 g/mol. The normalized spacial score (nSPS) is 16.8. The molecule has 1 aliphatic rings. The van der Waals surface area contributed by atoms with Crippen LogP contribution in [0.3, 0.4) is 0 Å². The highest BCUT2D eigenvalue weighted by molar-refractivity contribution is 6.35. The third-order valence-electron chi connectivity index (χ3n) is 8.95. The number of rotatable bonds is 10. The van der Waals surface area contributed by atoms with Crippen molar-refractivity contribution in [2.45, 2.75) is 66.2 Å². The Labute approximate surface area is 268 Å². The number of aliphatic carboxylic acids is 1. The molecule has 10 heteroatoms. The van der Waals surface area contributed by atoms with Crippen LogP contribution < -0.4 is 10.1 Å². The van der Waals surface area contributed by atoms with Gasteiger partial charge in [0, 0.05) is 40.8 Å². The highest BCUT2D eigenvalue weighted by Gasteiger charge is 2.28. The summed E-state index contributed by atoms with van der Waals surface area (Å²) in [6.45, 7) is 8.79. The minimum absolute atomic E-state index is 0.131. The van der Waals surface area contributed by atoms with Crippen LogP contribution in [-0.2, 0) is 18.3 Å². The van der Waals surface area contributed by atoms with Crippen LogP contribution in [0.2, 0.25) is 10.0 Å². The summed E-state index contributed by atoms with van der Waals surface area (Å²) in [5.74, 6) is -0.411. The number of aromatic amines is 1. The number of halogens is 2. The van der Waals surface area contributed by atoms with Crippen molar-refractivity contribution in [1.82, 2.24) is 20.1 Å². The van der Waals surface area contributed by atoms with E-state index in [1.807, 2.05) is 63.7 Å². The molecule has 1 saturated carbocycles. The van der Waals surface area contributed by atoms with Gasteiger partial charge >= 0.3 is 5.97 Å². The molecule has 2 atom stereocenters. The molecule has 8 nitrogen and oxygen atoms in total. The van der Waals surface area contributed by atoms with Gasteiger partial charge in [0.05, 0.1) is 28.8 Å². The molecule has 0 radical (unpaired) electrons. The fourth-order valence-electron chi connectivity index (χ4n) is 6.58. The number of nitrogens with zero attached hydrogens (tertiary/aromatic N) is 2. The number of carbonyl (C=O) groups is 2. The number of hydrogen-bond acceptors (Lipinski definition) is 4. The maximum Gasteiger partial charge on any atom is 0.306 e. The highest BCUT2D eigenvalue weighted by Crippen LogP contribution is 2.40. The molecule has 1 fully saturated rings. The van der Waals surface area contributed by atoms with Gasteiger partial charge in [-0.3, -0.25) is 14.3 Å². The summed E-state index contributed by atoms with van der Waals surface area (Å²) < 4.78 is 7.92. The van der Waals surface area contributed by atoms with Gasteiger partial charge in [0.2, 0.25) is 0 Å². The minimum atomic E-state index is -0.754. The summed E-state index contributed by atoms with van der Waals surface area (Å²) in [7, 11) is 1.91. The molecule has 234 valence electrons. The Balaban J connectivity index is 1.44. The number of fused-ring (bicyclic) bond motifs is 1. The zero-order valence-corrected chi connectivity index (χ0v) is 27.5. The monoisotopic (exact) mass is 638 g/mol. The number of amides is 1. The minimum Gasteiger partial charge on any atom is -0.494 e. The zero-order valence-electron chi connectivity index (χ0n) is 25.9. The first-order chi connectivity index (χ1) is 21.0. The molecule has 2 aromatic carbocycles. The number of nitrogens with one attached hydrogen (secondary N) is 2. The van der Waals surface area contributed by atoms with E-state index in [2.05, 4.69) is 15.4 Å². The second-order valence-corrected chi connectivity index (χ2v) is 12.9. The summed E-state index contributed by atoms with van der Waals surface area (Å²) in [5.41, 5.74) is 7.73. The molecule has 0 saturated heterocycles. The van der Waals surface area contributed by atoms with Crippen LogP contribution in [-0.4, -0.2) is 44.9 Å². The van der Waals surface area contributed by atoms with Crippen LogP contribution in [0.25, 0.3) is 22.0 Å². The Kier molecular flexibility index (Phi) is 9.61. The van der Waals surface area contributed by atoms with E-state index in [1.54, 1.807) is 0 Å². The van der Waals surface area contributed by atoms with Gasteiger partial charge in [-0.15, -0.1) is 0 Å². The number of H-pyrrole nitrogens is 1. The Morgan fingerprint density at radius 2 is 1.84 bits per heavy atom. The van der Waals surface area contributed by atoms with Gasteiger partial charge < -0.3 is 20.1 Å². The second-order valence-electron chi connectivity index (χ2n) is 12.1. The highest BCUT2D eigenvalue weighted by atomic mass is 35.5. The van der Waals surface area contributed by atoms with Crippen LogP contribution in [0.4, 0.5) is 0 Å². The van der Waals surface area contributed by atoms with Crippen LogP contribution in [0.1, 0.15) is 70.7 Å². The van der Waals surface area contributed by atoms with Gasteiger partial charge in [0.1, 0.15) is 11.4 Å². The van der Waals surface area contributed by atoms with Gasteiger partial charge in [-0.2, -0.15) is 5.10 Å². The molecular weight excluding hydrogens is 599 g/mol. The van der Waals surface area contributed by atoms with E-state index in [-0.39, 0.29) is 17.7 Å². The Morgan fingerprint density at radius 1 is 1.11 bits per heavy atom. The van der Waals surface area contributed by atoms with Gasteiger partial charge in [-0.25, -0.2) is 0 Å². The number of ether oxygens (including phenoxy) is 1. The molecule has 4 aromatic rings. The van der Waals surface area contributed by atoms with Gasteiger partial charge in [-0.1, -0.05) is 35.7 Å². The maximum absolute atomic E-state index is 13.8. The quantitative estimate of drug-likeness (QED) is 0.154. The lowest BCUT2D eigenvalue weighted by molar-refractivity contribution is -0.143. The second kappa shape index (κ2) is 13.2. The fraction of sp³-hybridized carbons (Fsp3) is 0.441. The average Bonchev–Trinajstić information content (AvgIpc) is 3.48. The largest absolute Gasteiger partial charge is 0.494 e. The molecule has 0 aliphatic heterocycles. The number of carbonyl (C=O) groups excluding carboxylic acids is 1. The van der Waals surface area contributed by atoms with Crippen molar-refractivity contribution < 1.29 is 19.4 Å². The van der Waals surface area contributed by atoms with E-state index < -0.39 is 5.97 Å².